The number of carbonyl (C=O) groups is 1. The maximum absolute atomic E-state index is 12.6. The van der Waals surface area contributed by atoms with Gasteiger partial charge in [0.25, 0.3) is 0 Å². The molecule has 2 unspecified atom stereocenters. The SMILES string of the molecule is C[C@H]1O[C@@H](O[C@H]2[C@@H](O)C[C@H](O[C@H]3[C@@H](O)C[C@H](O[C@H]4CC[C@]5(C)C6C[C@@H](O)[C@]7(C)[C@@H](C8=CC(=O)OC8)[C@@H](O)C[C@]7(O)C6CC[C@@H]5C4)O[C@@H]3C)O[C@@H]2C)C[C@H](O)[C@@H]1O. The van der Waals surface area contributed by atoms with Crippen LogP contribution in [0.1, 0.15) is 98.8 Å². The highest BCUT2D eigenvalue weighted by Crippen LogP contribution is 2.70. The second kappa shape index (κ2) is 15.3. The molecule has 4 saturated carbocycles. The lowest BCUT2D eigenvalue weighted by atomic mass is 9.42. The van der Waals surface area contributed by atoms with Gasteiger partial charge in [-0.25, -0.2) is 4.79 Å². The van der Waals surface area contributed by atoms with E-state index in [0.717, 1.165) is 32.1 Å². The molecule has 15 heteroatoms. The maximum atomic E-state index is 12.6. The lowest BCUT2D eigenvalue weighted by molar-refractivity contribution is -0.336. The highest BCUT2D eigenvalue weighted by Gasteiger charge is 2.73. The zero-order valence-corrected chi connectivity index (χ0v) is 33.2. The second-order valence-electron chi connectivity index (χ2n) is 19.0. The van der Waals surface area contributed by atoms with Gasteiger partial charge in [0.05, 0.1) is 60.5 Å². The standard InChI is InChI=1S/C41H64O15/c1-18-36(48)26(42)13-33(51-18)55-38-20(3)53-34(15-28(38)44)56-37-19(2)52-32(14-27(37)43)54-23-8-9-39(4)22(11-23)6-7-24-25(39)12-30(46)40(5)35(21-10-31(47)50-17-21)29(45)16-41(24,40)49/h10,18-20,22-30,32-38,42-46,48-49H,6-9,11-17H2,1-5H3/t18-,19-,20-,22-,23+,24?,25?,26+,27+,28+,29+,30-,32+,33+,34+,35+,36-,37-,38-,39+,40-,41+/m1/s1. The summed E-state index contributed by atoms with van der Waals surface area (Å²) >= 11 is 0. The van der Waals surface area contributed by atoms with E-state index in [1.54, 1.807) is 13.8 Å². The second-order valence-corrected chi connectivity index (χ2v) is 19.0. The number of cyclic esters (lactones) is 1. The Morgan fingerprint density at radius 1 is 0.696 bits per heavy atom. The number of esters is 1. The molecule has 7 N–H and O–H groups in total. The summed E-state index contributed by atoms with van der Waals surface area (Å²) in [6.07, 6.45) is -4.69. The van der Waals surface area contributed by atoms with E-state index >= 15 is 0 Å². The van der Waals surface area contributed by atoms with Gasteiger partial charge in [0, 0.05) is 43.1 Å². The van der Waals surface area contributed by atoms with Gasteiger partial charge in [0.15, 0.2) is 18.9 Å². The maximum Gasteiger partial charge on any atom is 0.331 e. The predicted molar refractivity (Wildman–Crippen MR) is 194 cm³/mol. The van der Waals surface area contributed by atoms with Gasteiger partial charge in [-0.05, 0) is 88.0 Å². The average molecular weight is 797 g/mol. The molecule has 0 amide bonds. The summed E-state index contributed by atoms with van der Waals surface area (Å²) in [4.78, 5) is 12.0. The predicted octanol–water partition coefficient (Wildman–Crippen LogP) is 1.19. The summed E-state index contributed by atoms with van der Waals surface area (Å²) in [6.45, 7) is 9.48. The Morgan fingerprint density at radius 3 is 1.86 bits per heavy atom. The number of hydrogen-bond donors (Lipinski definition) is 7. The van der Waals surface area contributed by atoms with Gasteiger partial charge in [0.2, 0.25) is 0 Å². The molecule has 318 valence electrons. The Balaban J connectivity index is 0.845. The molecule has 15 nitrogen and oxygen atoms in total. The van der Waals surface area contributed by atoms with Crippen LogP contribution in [0.15, 0.2) is 11.6 Å². The molecule has 0 aromatic carbocycles. The monoisotopic (exact) mass is 796 g/mol. The number of ether oxygens (including phenoxy) is 7. The van der Waals surface area contributed by atoms with Crippen molar-refractivity contribution in [3.05, 3.63) is 11.6 Å². The molecule has 0 spiro atoms. The van der Waals surface area contributed by atoms with Crippen LogP contribution in [-0.4, -0.2) is 146 Å². The third kappa shape index (κ3) is 6.91. The van der Waals surface area contributed by atoms with Gasteiger partial charge in [-0.3, -0.25) is 0 Å². The molecule has 0 bridgehead atoms. The van der Waals surface area contributed by atoms with E-state index in [4.69, 9.17) is 33.2 Å². The van der Waals surface area contributed by atoms with E-state index in [-0.39, 0.29) is 55.6 Å². The summed E-state index contributed by atoms with van der Waals surface area (Å²) in [5.74, 6) is -0.755. The Morgan fingerprint density at radius 2 is 1.29 bits per heavy atom. The lowest BCUT2D eigenvalue weighted by Crippen LogP contribution is -2.67. The molecule has 8 rings (SSSR count). The van der Waals surface area contributed by atoms with Crippen molar-refractivity contribution in [3.63, 3.8) is 0 Å². The van der Waals surface area contributed by atoms with Gasteiger partial charge in [-0.15, -0.1) is 0 Å². The third-order valence-corrected chi connectivity index (χ3v) is 15.9. The molecular weight excluding hydrogens is 732 g/mol. The largest absolute Gasteiger partial charge is 0.458 e. The minimum absolute atomic E-state index is 0.0543. The first-order valence-corrected chi connectivity index (χ1v) is 21.0. The van der Waals surface area contributed by atoms with Crippen LogP contribution in [0.5, 0.6) is 0 Å². The van der Waals surface area contributed by atoms with Crippen molar-refractivity contribution in [3.8, 4) is 0 Å². The van der Waals surface area contributed by atoms with Gasteiger partial charge >= 0.3 is 5.97 Å². The number of aliphatic hydroxyl groups is 7. The van der Waals surface area contributed by atoms with Crippen molar-refractivity contribution in [2.24, 2.45) is 34.5 Å². The van der Waals surface area contributed by atoms with Crippen LogP contribution in [0.3, 0.4) is 0 Å². The molecule has 0 aromatic rings. The number of rotatable bonds is 7. The Labute approximate surface area is 328 Å². The fraction of sp³-hybridized carbons (Fsp3) is 0.927. The number of fused-ring (bicyclic) bond motifs is 5. The van der Waals surface area contributed by atoms with Gasteiger partial charge in [-0.1, -0.05) is 13.8 Å². The topological polar surface area (TPSA) is 223 Å². The summed E-state index contributed by atoms with van der Waals surface area (Å²) in [5.41, 5.74) is -1.79. The molecule has 4 aliphatic carbocycles. The average Bonchev–Trinajstić information content (AvgIpc) is 3.64. The Hall–Kier alpha value is -1.31. The molecule has 0 aromatic heterocycles. The van der Waals surface area contributed by atoms with Crippen molar-refractivity contribution < 1.29 is 73.7 Å². The van der Waals surface area contributed by atoms with E-state index < -0.39 is 109 Å². The van der Waals surface area contributed by atoms with Crippen molar-refractivity contribution in [1.29, 1.82) is 0 Å². The van der Waals surface area contributed by atoms with Gasteiger partial charge < -0.3 is 68.9 Å². The van der Waals surface area contributed by atoms with Crippen LogP contribution < -0.4 is 0 Å². The molecule has 4 aliphatic heterocycles. The van der Waals surface area contributed by atoms with Crippen LogP contribution in [0.25, 0.3) is 0 Å². The van der Waals surface area contributed by atoms with Crippen LogP contribution in [0.2, 0.25) is 0 Å². The van der Waals surface area contributed by atoms with Gasteiger partial charge in [-0.2, -0.15) is 0 Å². The van der Waals surface area contributed by atoms with E-state index in [2.05, 4.69) is 6.92 Å². The molecule has 56 heavy (non-hydrogen) atoms. The van der Waals surface area contributed by atoms with E-state index in [1.807, 2.05) is 13.8 Å². The normalized spacial score (nSPS) is 56.1. The highest BCUT2D eigenvalue weighted by molar-refractivity contribution is 5.85. The number of hydrogen-bond acceptors (Lipinski definition) is 15. The minimum Gasteiger partial charge on any atom is -0.458 e. The third-order valence-electron chi connectivity index (χ3n) is 15.9. The first-order valence-electron chi connectivity index (χ1n) is 21.0. The Bertz CT molecular complexity index is 1440. The van der Waals surface area contributed by atoms with Crippen LogP contribution in [0, 0.1) is 34.5 Å². The smallest absolute Gasteiger partial charge is 0.331 e. The highest BCUT2D eigenvalue weighted by atomic mass is 16.7. The number of aliphatic hydroxyl groups excluding tert-OH is 6. The van der Waals surface area contributed by atoms with Crippen molar-refractivity contribution in [2.75, 3.05) is 6.61 Å². The zero-order valence-electron chi connectivity index (χ0n) is 33.2. The van der Waals surface area contributed by atoms with Crippen molar-refractivity contribution in [2.45, 2.75) is 197 Å². The minimum atomic E-state index is -1.29. The first kappa shape index (κ1) is 41.4. The fourth-order valence-corrected chi connectivity index (χ4v) is 12.8. The summed E-state index contributed by atoms with van der Waals surface area (Å²) < 4.78 is 42.0. The summed E-state index contributed by atoms with van der Waals surface area (Å²) in [6, 6.07) is 0. The van der Waals surface area contributed by atoms with Crippen LogP contribution in [0.4, 0.5) is 0 Å². The molecule has 0 radical (unpaired) electrons. The molecule has 22 atom stereocenters. The van der Waals surface area contributed by atoms with Crippen LogP contribution >= 0.6 is 0 Å². The zero-order chi connectivity index (χ0) is 40.1. The first-order chi connectivity index (χ1) is 26.4. The lowest BCUT2D eigenvalue weighted by Gasteiger charge is -2.65. The molecule has 4 heterocycles. The molecular formula is C41H64O15. The molecule has 8 aliphatic rings. The molecule has 7 fully saturated rings. The molecule has 3 saturated heterocycles. The quantitative estimate of drug-likeness (QED) is 0.142. The summed E-state index contributed by atoms with van der Waals surface area (Å²) in [5, 5.41) is 78.2. The van der Waals surface area contributed by atoms with E-state index in [1.165, 1.54) is 6.08 Å². The Kier molecular flexibility index (Phi) is 11.3. The van der Waals surface area contributed by atoms with Crippen molar-refractivity contribution in [1.82, 2.24) is 0 Å². The van der Waals surface area contributed by atoms with Crippen molar-refractivity contribution >= 4 is 5.97 Å². The number of carbonyl (C=O) groups excluding carboxylic acids is 1. The fourth-order valence-electron chi connectivity index (χ4n) is 12.8. The van der Waals surface area contributed by atoms with Crippen LogP contribution in [-0.2, 0) is 38.0 Å². The van der Waals surface area contributed by atoms with E-state index in [9.17, 15) is 40.5 Å². The van der Waals surface area contributed by atoms with E-state index in [0.29, 0.717) is 17.9 Å². The van der Waals surface area contributed by atoms with Gasteiger partial charge in [0.1, 0.15) is 24.9 Å². The summed E-state index contributed by atoms with van der Waals surface area (Å²) in [7, 11) is 0.